The molecular formula is C32H20BNO2S. The first-order valence-electron chi connectivity index (χ1n) is 12.3. The van der Waals surface area contributed by atoms with Gasteiger partial charge in [0.05, 0.1) is 11.0 Å². The fourth-order valence-electron chi connectivity index (χ4n) is 5.97. The number of benzene rings is 6. The molecule has 5 heteroatoms. The van der Waals surface area contributed by atoms with Crippen LogP contribution in [0.25, 0.3) is 69.2 Å². The lowest BCUT2D eigenvalue weighted by atomic mass is 9.78. The first kappa shape index (κ1) is 21.0. The van der Waals surface area contributed by atoms with Gasteiger partial charge in [0, 0.05) is 47.5 Å². The van der Waals surface area contributed by atoms with Crippen molar-refractivity contribution in [2.75, 3.05) is 0 Å². The van der Waals surface area contributed by atoms with Crippen LogP contribution in [0.15, 0.2) is 109 Å². The van der Waals surface area contributed by atoms with E-state index < -0.39 is 7.12 Å². The van der Waals surface area contributed by atoms with Crippen LogP contribution in [0.3, 0.4) is 0 Å². The molecule has 0 fully saturated rings. The van der Waals surface area contributed by atoms with Crippen LogP contribution in [-0.2, 0) is 0 Å². The van der Waals surface area contributed by atoms with Gasteiger partial charge in [-0.25, -0.2) is 0 Å². The van der Waals surface area contributed by atoms with Crippen LogP contribution in [-0.4, -0.2) is 21.7 Å². The predicted molar refractivity (Wildman–Crippen MR) is 159 cm³/mol. The Labute approximate surface area is 216 Å². The molecule has 0 saturated heterocycles. The van der Waals surface area contributed by atoms with Crippen LogP contribution in [0.2, 0.25) is 0 Å². The van der Waals surface area contributed by atoms with Crippen LogP contribution >= 0.6 is 11.3 Å². The summed E-state index contributed by atoms with van der Waals surface area (Å²) in [5.74, 6) is 0. The number of para-hydroxylation sites is 1. The number of aromatic nitrogens is 1. The average Bonchev–Trinajstić information content (AvgIpc) is 3.48. The van der Waals surface area contributed by atoms with Crippen molar-refractivity contribution < 1.29 is 10.0 Å². The van der Waals surface area contributed by atoms with Gasteiger partial charge in [-0.3, -0.25) is 0 Å². The molecule has 0 aliphatic heterocycles. The molecule has 3 nitrogen and oxygen atoms in total. The number of thiophene rings is 1. The molecule has 2 N–H and O–H groups in total. The molecule has 6 aromatic carbocycles. The Hall–Kier alpha value is -4.16. The van der Waals surface area contributed by atoms with Gasteiger partial charge in [-0.2, -0.15) is 0 Å². The topological polar surface area (TPSA) is 45.4 Å². The molecule has 8 aromatic rings. The third-order valence-corrected chi connectivity index (χ3v) is 8.77. The first-order valence-corrected chi connectivity index (χ1v) is 13.2. The van der Waals surface area contributed by atoms with Crippen LogP contribution in [0, 0.1) is 0 Å². The largest absolute Gasteiger partial charge is 0.489 e. The second-order valence-corrected chi connectivity index (χ2v) is 10.6. The Kier molecular flexibility index (Phi) is 4.35. The van der Waals surface area contributed by atoms with E-state index in [2.05, 4.69) is 89.5 Å². The molecule has 2 aromatic heterocycles. The highest BCUT2D eigenvalue weighted by molar-refractivity contribution is 7.27. The van der Waals surface area contributed by atoms with Gasteiger partial charge in [-0.05, 0) is 34.4 Å². The summed E-state index contributed by atoms with van der Waals surface area (Å²) in [5.41, 5.74) is 4.03. The first-order chi connectivity index (χ1) is 18.2. The lowest BCUT2D eigenvalue weighted by Crippen LogP contribution is -2.29. The molecule has 174 valence electrons. The van der Waals surface area contributed by atoms with Crippen molar-refractivity contribution in [3.05, 3.63) is 109 Å². The van der Waals surface area contributed by atoms with E-state index in [-0.39, 0.29) is 0 Å². The van der Waals surface area contributed by atoms with Crippen molar-refractivity contribution >= 4 is 87.4 Å². The Morgan fingerprint density at radius 3 is 2.14 bits per heavy atom. The minimum absolute atomic E-state index is 0.555. The highest BCUT2D eigenvalue weighted by atomic mass is 32.1. The van der Waals surface area contributed by atoms with E-state index in [1.54, 1.807) is 11.3 Å². The molecule has 0 amide bonds. The number of nitrogens with zero attached hydrogens (tertiary/aromatic N) is 1. The number of fused-ring (bicyclic) bond motifs is 10. The molecule has 0 unspecified atom stereocenters. The number of hydrogen-bond acceptors (Lipinski definition) is 3. The van der Waals surface area contributed by atoms with Gasteiger partial charge < -0.3 is 14.6 Å². The van der Waals surface area contributed by atoms with Crippen molar-refractivity contribution in [1.29, 1.82) is 0 Å². The summed E-state index contributed by atoms with van der Waals surface area (Å²) in [5, 5.41) is 29.7. The van der Waals surface area contributed by atoms with Crippen molar-refractivity contribution in [3.63, 3.8) is 0 Å². The molecule has 0 atom stereocenters. The lowest BCUT2D eigenvalue weighted by molar-refractivity contribution is 0.426. The standard InChI is InChI=1S/C32H20BNO2S/c35-33(36)27-17-20-8-2-3-9-22(20)30-26-16-14-21(18-29(26)37-32(27)30)34-28-12-6-5-11-24(28)25-15-13-19-7-1-4-10-23(19)31(25)34/h1-18,35-36H. The van der Waals surface area contributed by atoms with Gasteiger partial charge in [0.1, 0.15) is 0 Å². The normalized spacial score (nSPS) is 12.1. The summed E-state index contributed by atoms with van der Waals surface area (Å²) in [6.45, 7) is 0. The van der Waals surface area contributed by atoms with Gasteiger partial charge in [0.2, 0.25) is 0 Å². The third kappa shape index (κ3) is 2.90. The van der Waals surface area contributed by atoms with E-state index in [1.807, 2.05) is 24.3 Å². The highest BCUT2D eigenvalue weighted by Crippen LogP contribution is 2.41. The van der Waals surface area contributed by atoms with E-state index >= 15 is 0 Å². The number of hydrogen-bond donors (Lipinski definition) is 2. The molecule has 0 aliphatic rings. The summed E-state index contributed by atoms with van der Waals surface area (Å²) in [7, 11) is -1.52. The van der Waals surface area contributed by atoms with Crippen molar-refractivity contribution in [2.24, 2.45) is 0 Å². The molecule has 0 bridgehead atoms. The predicted octanol–water partition coefficient (Wildman–Crippen LogP) is 7.14. The van der Waals surface area contributed by atoms with Gasteiger partial charge in [-0.15, -0.1) is 11.3 Å². The highest BCUT2D eigenvalue weighted by Gasteiger charge is 2.21. The van der Waals surface area contributed by atoms with E-state index in [0.717, 1.165) is 36.6 Å². The minimum atomic E-state index is -1.52. The summed E-state index contributed by atoms with van der Waals surface area (Å²) >= 11 is 1.62. The number of rotatable bonds is 2. The molecule has 37 heavy (non-hydrogen) atoms. The van der Waals surface area contributed by atoms with E-state index in [0.29, 0.717) is 5.46 Å². The maximum Gasteiger partial charge on any atom is 0.489 e. The molecule has 0 radical (unpaired) electrons. The van der Waals surface area contributed by atoms with Gasteiger partial charge in [-0.1, -0.05) is 91.0 Å². The molecule has 0 saturated carbocycles. The Bertz CT molecular complexity index is 2190. The average molecular weight is 493 g/mol. The summed E-state index contributed by atoms with van der Waals surface area (Å²) < 4.78 is 4.42. The van der Waals surface area contributed by atoms with Gasteiger partial charge >= 0.3 is 7.12 Å². The monoisotopic (exact) mass is 493 g/mol. The van der Waals surface area contributed by atoms with Gasteiger partial charge in [0.15, 0.2) is 0 Å². The van der Waals surface area contributed by atoms with Crippen molar-refractivity contribution in [3.8, 4) is 5.69 Å². The second-order valence-electron chi connectivity index (χ2n) is 9.58. The van der Waals surface area contributed by atoms with Crippen LogP contribution in [0.4, 0.5) is 0 Å². The van der Waals surface area contributed by atoms with Crippen molar-refractivity contribution in [2.45, 2.75) is 0 Å². The smallest absolute Gasteiger partial charge is 0.423 e. The lowest BCUT2D eigenvalue weighted by Gasteiger charge is -2.10. The van der Waals surface area contributed by atoms with E-state index in [4.69, 9.17) is 0 Å². The zero-order valence-electron chi connectivity index (χ0n) is 19.7. The molecular weight excluding hydrogens is 473 g/mol. The maximum absolute atomic E-state index is 10.2. The van der Waals surface area contributed by atoms with Crippen LogP contribution < -0.4 is 5.46 Å². The third-order valence-electron chi connectivity index (χ3n) is 7.57. The zero-order chi connectivity index (χ0) is 24.7. The van der Waals surface area contributed by atoms with E-state index in [9.17, 15) is 10.0 Å². The van der Waals surface area contributed by atoms with Crippen LogP contribution in [0.5, 0.6) is 0 Å². The molecule has 2 heterocycles. The SMILES string of the molecule is OB(O)c1cc2ccccc2c2c1sc1cc(-n3c4ccccc4c4ccc5ccccc5c43)ccc12. The Morgan fingerprint density at radius 1 is 0.595 bits per heavy atom. The molecule has 0 aliphatic carbocycles. The minimum Gasteiger partial charge on any atom is -0.423 e. The zero-order valence-corrected chi connectivity index (χ0v) is 20.5. The maximum atomic E-state index is 10.2. The fourth-order valence-corrected chi connectivity index (χ4v) is 7.25. The quantitative estimate of drug-likeness (QED) is 0.252. The Morgan fingerprint density at radius 2 is 1.30 bits per heavy atom. The summed E-state index contributed by atoms with van der Waals surface area (Å²) in [4.78, 5) is 0. The van der Waals surface area contributed by atoms with Crippen molar-refractivity contribution in [1.82, 2.24) is 4.57 Å². The van der Waals surface area contributed by atoms with Crippen LogP contribution in [0.1, 0.15) is 0 Å². The fraction of sp³-hybridized carbons (Fsp3) is 0. The molecule has 8 rings (SSSR count). The molecule has 0 spiro atoms. The van der Waals surface area contributed by atoms with E-state index in [1.165, 1.54) is 32.6 Å². The summed E-state index contributed by atoms with van der Waals surface area (Å²) in [6.07, 6.45) is 0. The Balaban J connectivity index is 1.51. The summed E-state index contributed by atoms with van der Waals surface area (Å²) in [6, 6.07) is 38.3. The van der Waals surface area contributed by atoms with Gasteiger partial charge in [0.25, 0.3) is 0 Å². The second kappa shape index (κ2) is 7.67.